The van der Waals surface area contributed by atoms with Gasteiger partial charge in [-0.25, -0.2) is 0 Å². The molecule has 6 nitrogen and oxygen atoms in total. The highest BCUT2D eigenvalue weighted by Gasteiger charge is 2.10. The Morgan fingerprint density at radius 3 is 2.90 bits per heavy atom. The minimum atomic E-state index is -0.410. The van der Waals surface area contributed by atoms with Crippen LogP contribution in [0.2, 0.25) is 0 Å². The normalized spacial score (nSPS) is 12.3. The molecule has 0 spiro atoms. The van der Waals surface area contributed by atoms with E-state index in [9.17, 15) is 10.1 Å². The first-order valence-corrected chi connectivity index (χ1v) is 7.48. The Labute approximate surface area is 131 Å². The van der Waals surface area contributed by atoms with Crippen molar-refractivity contribution in [3.63, 3.8) is 0 Å². The van der Waals surface area contributed by atoms with Gasteiger partial charge in [0, 0.05) is 28.8 Å². The maximum atomic E-state index is 10.7. The van der Waals surface area contributed by atoms with Crippen LogP contribution in [0.3, 0.4) is 0 Å². The van der Waals surface area contributed by atoms with E-state index in [0.29, 0.717) is 11.0 Å². The third-order valence-electron chi connectivity index (χ3n) is 3.29. The van der Waals surface area contributed by atoms with Crippen LogP contribution in [0.25, 0.3) is 0 Å². The van der Waals surface area contributed by atoms with E-state index in [1.807, 2.05) is 17.1 Å². The Kier molecular flexibility index (Phi) is 5.08. The molecule has 1 heterocycles. The quantitative estimate of drug-likeness (QED) is 0.639. The summed E-state index contributed by atoms with van der Waals surface area (Å²) < 4.78 is 2.52. The summed E-state index contributed by atoms with van der Waals surface area (Å²) in [5.74, 6) is 0. The minimum Gasteiger partial charge on any atom is -0.327 e. The van der Waals surface area contributed by atoms with Crippen LogP contribution in [-0.4, -0.2) is 20.7 Å². The van der Waals surface area contributed by atoms with E-state index in [1.54, 1.807) is 6.07 Å². The highest BCUT2D eigenvalue weighted by Crippen LogP contribution is 2.23. The fourth-order valence-corrected chi connectivity index (χ4v) is 2.49. The van der Waals surface area contributed by atoms with Crippen molar-refractivity contribution >= 4 is 21.6 Å². The average molecular weight is 353 g/mol. The van der Waals surface area contributed by atoms with Gasteiger partial charge < -0.3 is 5.73 Å². The van der Waals surface area contributed by atoms with Crippen molar-refractivity contribution in [2.45, 2.75) is 32.4 Å². The van der Waals surface area contributed by atoms with Crippen molar-refractivity contribution < 1.29 is 4.92 Å². The zero-order chi connectivity index (χ0) is 15.4. The van der Waals surface area contributed by atoms with Crippen LogP contribution in [0.15, 0.2) is 35.1 Å². The van der Waals surface area contributed by atoms with Crippen molar-refractivity contribution in [1.29, 1.82) is 0 Å². The summed E-state index contributed by atoms with van der Waals surface area (Å²) in [6.07, 6.45) is 5.51. The summed E-state index contributed by atoms with van der Waals surface area (Å²) in [7, 11) is 0. The summed E-state index contributed by atoms with van der Waals surface area (Å²) >= 11 is 3.37. The average Bonchev–Trinajstić information content (AvgIpc) is 2.88. The number of nitrogens with two attached hydrogens (primary N) is 1. The molecule has 21 heavy (non-hydrogen) atoms. The first-order valence-electron chi connectivity index (χ1n) is 6.69. The van der Waals surface area contributed by atoms with Gasteiger partial charge >= 0.3 is 0 Å². The topological polar surface area (TPSA) is 87.0 Å². The van der Waals surface area contributed by atoms with E-state index in [4.69, 9.17) is 5.73 Å². The molecule has 2 aromatic rings. The number of hydrogen-bond acceptors (Lipinski definition) is 4. The maximum absolute atomic E-state index is 10.7. The van der Waals surface area contributed by atoms with Crippen LogP contribution in [0, 0.1) is 10.1 Å². The molecule has 1 aromatic heterocycles. The van der Waals surface area contributed by atoms with Gasteiger partial charge in [0.05, 0.1) is 17.7 Å². The lowest BCUT2D eigenvalue weighted by atomic mass is 10.1. The number of hydrogen-bond donors (Lipinski definition) is 1. The van der Waals surface area contributed by atoms with E-state index in [0.717, 1.165) is 24.0 Å². The number of non-ortho nitro benzene ring substituents is 1. The number of rotatable bonds is 6. The smallest absolute Gasteiger partial charge is 0.270 e. The first kappa shape index (κ1) is 15.7. The second-order valence-corrected chi connectivity index (χ2v) is 5.81. The summed E-state index contributed by atoms with van der Waals surface area (Å²) in [5, 5.41) is 15.0. The number of nitrogens with zero attached hydrogens (tertiary/aromatic N) is 3. The van der Waals surface area contributed by atoms with Crippen molar-refractivity contribution in [3.05, 3.63) is 56.3 Å². The molecule has 2 N–H and O–H groups in total. The summed E-state index contributed by atoms with van der Waals surface area (Å²) in [6, 6.07) is 4.89. The van der Waals surface area contributed by atoms with E-state index in [2.05, 4.69) is 28.0 Å². The maximum Gasteiger partial charge on any atom is 0.270 e. The summed E-state index contributed by atoms with van der Waals surface area (Å²) in [6.45, 7) is 2.61. The zero-order valence-electron chi connectivity index (χ0n) is 11.7. The SMILES string of the molecule is CCC(N)Cc1cnn(Cc2ccc([N+](=O)[O-])cc2Br)c1. The Hall–Kier alpha value is -1.73. The molecule has 1 aromatic carbocycles. The molecule has 1 unspecified atom stereocenters. The molecule has 0 aliphatic carbocycles. The number of benzene rings is 1. The van der Waals surface area contributed by atoms with Gasteiger partial charge in [0.25, 0.3) is 5.69 Å². The van der Waals surface area contributed by atoms with Crippen molar-refractivity contribution in [1.82, 2.24) is 9.78 Å². The molecule has 1 atom stereocenters. The van der Waals surface area contributed by atoms with Gasteiger partial charge in [-0.15, -0.1) is 0 Å². The van der Waals surface area contributed by atoms with Gasteiger partial charge in [-0.2, -0.15) is 5.10 Å². The lowest BCUT2D eigenvalue weighted by Crippen LogP contribution is -2.21. The third-order valence-corrected chi connectivity index (χ3v) is 4.03. The molecular formula is C14H17BrN4O2. The third kappa shape index (κ3) is 4.12. The number of aromatic nitrogens is 2. The predicted octanol–water partition coefficient (Wildman–Crippen LogP) is 2.88. The summed E-state index contributed by atoms with van der Waals surface area (Å²) in [4.78, 5) is 10.3. The lowest BCUT2D eigenvalue weighted by molar-refractivity contribution is -0.384. The zero-order valence-corrected chi connectivity index (χ0v) is 13.3. The monoisotopic (exact) mass is 352 g/mol. The number of nitro benzene ring substituents is 1. The van der Waals surface area contributed by atoms with Crippen LogP contribution in [-0.2, 0) is 13.0 Å². The van der Waals surface area contributed by atoms with Crippen LogP contribution >= 0.6 is 15.9 Å². The van der Waals surface area contributed by atoms with Gasteiger partial charge in [0.1, 0.15) is 0 Å². The highest BCUT2D eigenvalue weighted by molar-refractivity contribution is 9.10. The molecule has 0 aliphatic rings. The number of halogens is 1. The van der Waals surface area contributed by atoms with Gasteiger partial charge in [-0.3, -0.25) is 14.8 Å². The molecule has 0 radical (unpaired) electrons. The molecule has 0 amide bonds. The molecule has 0 bridgehead atoms. The molecule has 0 fully saturated rings. The molecule has 0 saturated carbocycles. The van der Waals surface area contributed by atoms with Gasteiger partial charge in [-0.05, 0) is 30.0 Å². The minimum absolute atomic E-state index is 0.0701. The molecule has 7 heteroatoms. The Balaban J connectivity index is 2.10. The molecule has 0 aliphatic heterocycles. The van der Waals surface area contributed by atoms with Crippen LogP contribution < -0.4 is 5.73 Å². The van der Waals surface area contributed by atoms with Gasteiger partial charge in [0.15, 0.2) is 0 Å². The second-order valence-electron chi connectivity index (χ2n) is 4.95. The molecule has 112 valence electrons. The molecule has 2 rings (SSSR count). The Bertz CT molecular complexity index is 642. The van der Waals surface area contributed by atoms with E-state index >= 15 is 0 Å². The fraction of sp³-hybridized carbons (Fsp3) is 0.357. The standard InChI is InChI=1S/C14H17BrN4O2/c1-2-12(16)5-10-7-17-18(8-10)9-11-3-4-13(19(20)21)6-14(11)15/h3-4,6-8,12H,2,5,9,16H2,1H3. The summed E-state index contributed by atoms with van der Waals surface area (Å²) in [5.41, 5.74) is 8.04. The number of nitro groups is 1. The van der Waals surface area contributed by atoms with Crippen LogP contribution in [0.5, 0.6) is 0 Å². The van der Waals surface area contributed by atoms with Gasteiger partial charge in [0.2, 0.25) is 0 Å². The lowest BCUT2D eigenvalue weighted by Gasteiger charge is -2.06. The van der Waals surface area contributed by atoms with Crippen LogP contribution in [0.4, 0.5) is 5.69 Å². The second kappa shape index (κ2) is 6.82. The van der Waals surface area contributed by atoms with E-state index < -0.39 is 4.92 Å². The Morgan fingerprint density at radius 1 is 1.52 bits per heavy atom. The largest absolute Gasteiger partial charge is 0.327 e. The van der Waals surface area contributed by atoms with E-state index in [1.165, 1.54) is 12.1 Å². The molecule has 0 saturated heterocycles. The van der Waals surface area contributed by atoms with Gasteiger partial charge in [-0.1, -0.05) is 22.9 Å². The van der Waals surface area contributed by atoms with Crippen molar-refractivity contribution in [2.75, 3.05) is 0 Å². The van der Waals surface area contributed by atoms with Crippen molar-refractivity contribution in [2.24, 2.45) is 5.73 Å². The van der Waals surface area contributed by atoms with Crippen molar-refractivity contribution in [3.8, 4) is 0 Å². The first-order chi connectivity index (χ1) is 9.99. The molecular weight excluding hydrogens is 336 g/mol. The Morgan fingerprint density at radius 2 is 2.29 bits per heavy atom. The van der Waals surface area contributed by atoms with E-state index in [-0.39, 0.29) is 11.7 Å². The predicted molar refractivity (Wildman–Crippen MR) is 84.1 cm³/mol. The fourth-order valence-electron chi connectivity index (χ4n) is 2.00. The van der Waals surface area contributed by atoms with Crippen LogP contribution in [0.1, 0.15) is 24.5 Å². The highest BCUT2D eigenvalue weighted by atomic mass is 79.9.